The van der Waals surface area contributed by atoms with Gasteiger partial charge in [0.15, 0.2) is 6.10 Å². The van der Waals surface area contributed by atoms with E-state index < -0.39 is 22.7 Å². The summed E-state index contributed by atoms with van der Waals surface area (Å²) < 4.78 is 11.8. The van der Waals surface area contributed by atoms with Crippen LogP contribution in [0.15, 0.2) is 60.7 Å². The molecule has 3 fully saturated rings. The van der Waals surface area contributed by atoms with Crippen molar-refractivity contribution in [3.63, 3.8) is 0 Å². The molecule has 0 amide bonds. The van der Waals surface area contributed by atoms with Crippen LogP contribution in [0.2, 0.25) is 0 Å². The smallest absolute Gasteiger partial charge is 0.338 e. The first-order chi connectivity index (χ1) is 14.6. The number of carbonyl (C=O) groups is 1. The lowest BCUT2D eigenvalue weighted by atomic mass is 9.54. The number of epoxide rings is 1. The lowest BCUT2D eigenvalue weighted by Crippen LogP contribution is -2.57. The molecule has 2 aliphatic carbocycles. The zero-order chi connectivity index (χ0) is 22.1. The fourth-order valence-electron chi connectivity index (χ4n) is 6.77. The molecule has 2 bridgehead atoms. The van der Waals surface area contributed by atoms with Crippen LogP contribution < -0.4 is 0 Å². The number of fused-ring (bicyclic) bond motifs is 2. The van der Waals surface area contributed by atoms with Crippen molar-refractivity contribution in [3.8, 4) is 0 Å². The first kappa shape index (κ1) is 20.7. The van der Waals surface area contributed by atoms with E-state index in [4.69, 9.17) is 9.47 Å². The van der Waals surface area contributed by atoms with Gasteiger partial charge in [0.05, 0.1) is 0 Å². The van der Waals surface area contributed by atoms with Crippen LogP contribution in [-0.4, -0.2) is 28.9 Å². The Balaban J connectivity index is 1.66. The maximum Gasteiger partial charge on any atom is 0.338 e. The van der Waals surface area contributed by atoms with Gasteiger partial charge in [-0.15, -0.1) is 0 Å². The van der Waals surface area contributed by atoms with Crippen LogP contribution in [0.1, 0.15) is 58.1 Å². The maximum atomic E-state index is 13.0. The van der Waals surface area contributed by atoms with Crippen LogP contribution in [0.25, 0.3) is 0 Å². The zero-order valence-corrected chi connectivity index (χ0v) is 18.8. The van der Waals surface area contributed by atoms with Gasteiger partial charge in [-0.05, 0) is 55.6 Å². The number of hydrogen-bond acceptors (Lipinski definition) is 4. The van der Waals surface area contributed by atoms with Gasteiger partial charge in [0.25, 0.3) is 0 Å². The van der Waals surface area contributed by atoms with Gasteiger partial charge in [0.1, 0.15) is 17.3 Å². The number of benzene rings is 2. The van der Waals surface area contributed by atoms with Crippen LogP contribution in [0.4, 0.5) is 0 Å². The van der Waals surface area contributed by atoms with E-state index in [1.165, 1.54) is 0 Å². The van der Waals surface area contributed by atoms with Crippen molar-refractivity contribution < 1.29 is 19.4 Å². The molecular weight excluding hydrogens is 388 g/mol. The number of hydrogen-bond donors (Lipinski definition) is 1. The number of rotatable bonds is 5. The van der Waals surface area contributed by atoms with Gasteiger partial charge >= 0.3 is 5.97 Å². The fraction of sp³-hybridized carbons (Fsp3) is 0.519. The Kier molecular flexibility index (Phi) is 4.45. The normalized spacial score (nSPS) is 32.6. The molecule has 0 aromatic heterocycles. The second-order valence-corrected chi connectivity index (χ2v) is 10.6. The standard InChI is InChI=1S/C27H32O4/c1-24(2)20-15-16-26(24,21(17-20)30-23(28)22-25(3,4)31-22)27(29,18-11-7-5-8-12-18)19-13-9-6-10-14-19/h5-14,20-22,29H,15-17H2,1-4H3/t20-,21-,22+,26-/m1/s1. The summed E-state index contributed by atoms with van der Waals surface area (Å²) in [5, 5.41) is 12.8. The highest BCUT2D eigenvalue weighted by atomic mass is 16.7. The van der Waals surface area contributed by atoms with Gasteiger partial charge in [0.2, 0.25) is 0 Å². The van der Waals surface area contributed by atoms with Crippen LogP contribution in [0.5, 0.6) is 0 Å². The SMILES string of the molecule is CC1(C)O[C@H]1C(=O)O[C@@H]1C[C@H]2CC[C@]1(C(O)(c1ccccc1)c1ccccc1)C2(C)C. The second-order valence-electron chi connectivity index (χ2n) is 10.6. The van der Waals surface area contributed by atoms with Crippen molar-refractivity contribution in [1.82, 2.24) is 0 Å². The Morgan fingerprint density at radius 1 is 1.00 bits per heavy atom. The van der Waals surface area contributed by atoms with Gasteiger partial charge in [-0.1, -0.05) is 74.5 Å². The summed E-state index contributed by atoms with van der Waals surface area (Å²) in [6.07, 6.45) is 1.70. The minimum atomic E-state index is -1.28. The third-order valence-corrected chi connectivity index (χ3v) is 8.60. The molecule has 31 heavy (non-hydrogen) atoms. The molecule has 0 spiro atoms. The predicted molar refractivity (Wildman–Crippen MR) is 118 cm³/mol. The van der Waals surface area contributed by atoms with Crippen molar-refractivity contribution in [1.29, 1.82) is 0 Å². The lowest BCUT2D eigenvalue weighted by Gasteiger charge is -2.53. The van der Waals surface area contributed by atoms with E-state index in [-0.39, 0.29) is 17.5 Å². The molecule has 4 heteroatoms. The molecule has 3 aliphatic rings. The Labute approximate surface area is 184 Å². The summed E-state index contributed by atoms with van der Waals surface area (Å²) in [4.78, 5) is 13.0. The first-order valence-corrected chi connectivity index (χ1v) is 11.4. The maximum absolute atomic E-state index is 13.0. The van der Waals surface area contributed by atoms with Crippen molar-refractivity contribution in [2.24, 2.45) is 16.7 Å². The summed E-state index contributed by atoms with van der Waals surface area (Å²) in [5.74, 6) is 0.0820. The largest absolute Gasteiger partial charge is 0.460 e. The van der Waals surface area contributed by atoms with E-state index in [1.54, 1.807) is 0 Å². The van der Waals surface area contributed by atoms with Crippen LogP contribution in [0, 0.1) is 16.7 Å². The summed E-state index contributed by atoms with van der Waals surface area (Å²) in [6, 6.07) is 19.8. The van der Waals surface area contributed by atoms with E-state index >= 15 is 0 Å². The zero-order valence-electron chi connectivity index (χ0n) is 18.8. The molecule has 1 saturated heterocycles. The molecule has 164 valence electrons. The molecule has 4 nitrogen and oxygen atoms in total. The van der Waals surface area contributed by atoms with Crippen LogP contribution in [0.3, 0.4) is 0 Å². The third-order valence-electron chi connectivity index (χ3n) is 8.60. The number of ether oxygens (including phenoxy) is 2. The highest BCUT2D eigenvalue weighted by molar-refractivity contribution is 5.79. The minimum absolute atomic E-state index is 0.210. The molecule has 0 radical (unpaired) electrons. The van der Waals surface area contributed by atoms with E-state index in [1.807, 2.05) is 74.5 Å². The topological polar surface area (TPSA) is 59.1 Å². The van der Waals surface area contributed by atoms with Gasteiger partial charge in [-0.3, -0.25) is 0 Å². The van der Waals surface area contributed by atoms with E-state index in [2.05, 4.69) is 13.8 Å². The van der Waals surface area contributed by atoms with E-state index in [9.17, 15) is 9.90 Å². The number of carbonyl (C=O) groups excluding carboxylic acids is 1. The van der Waals surface area contributed by atoms with Crippen molar-refractivity contribution in [2.75, 3.05) is 0 Å². The molecule has 5 rings (SSSR count). The van der Waals surface area contributed by atoms with E-state index in [0.29, 0.717) is 5.92 Å². The molecule has 4 atom stereocenters. The number of esters is 1. The molecule has 0 unspecified atom stereocenters. The molecule has 1 heterocycles. The van der Waals surface area contributed by atoms with Gasteiger partial charge < -0.3 is 14.6 Å². The van der Waals surface area contributed by atoms with Crippen molar-refractivity contribution in [3.05, 3.63) is 71.8 Å². The Hall–Kier alpha value is -2.17. The molecule has 2 aromatic rings. The van der Waals surface area contributed by atoms with Crippen molar-refractivity contribution in [2.45, 2.75) is 70.4 Å². The summed E-state index contributed by atoms with van der Waals surface area (Å²) in [7, 11) is 0. The molecule has 2 aromatic carbocycles. The average molecular weight is 421 g/mol. The number of aliphatic hydroxyl groups is 1. The van der Waals surface area contributed by atoms with Gasteiger partial charge in [-0.2, -0.15) is 0 Å². The van der Waals surface area contributed by atoms with Crippen LogP contribution in [-0.2, 0) is 19.9 Å². The lowest BCUT2D eigenvalue weighted by molar-refractivity contribution is -0.185. The Morgan fingerprint density at radius 3 is 1.97 bits per heavy atom. The Bertz CT molecular complexity index is 941. The molecule has 2 saturated carbocycles. The van der Waals surface area contributed by atoms with E-state index in [0.717, 1.165) is 30.4 Å². The summed E-state index contributed by atoms with van der Waals surface area (Å²) >= 11 is 0. The quantitative estimate of drug-likeness (QED) is 0.556. The van der Waals surface area contributed by atoms with Gasteiger partial charge in [-0.25, -0.2) is 4.79 Å². The van der Waals surface area contributed by atoms with Crippen molar-refractivity contribution >= 4 is 5.97 Å². The molecular formula is C27H32O4. The molecule has 1 aliphatic heterocycles. The highest BCUT2D eigenvalue weighted by Crippen LogP contribution is 2.73. The summed E-state index contributed by atoms with van der Waals surface area (Å²) in [5.41, 5.74) is -0.899. The van der Waals surface area contributed by atoms with Crippen LogP contribution >= 0.6 is 0 Å². The average Bonchev–Trinajstić information content (AvgIpc) is 3.26. The predicted octanol–water partition coefficient (Wildman–Crippen LogP) is 4.84. The highest BCUT2D eigenvalue weighted by Gasteiger charge is 2.74. The Morgan fingerprint density at radius 2 is 1.52 bits per heavy atom. The molecule has 1 N–H and O–H groups in total. The first-order valence-electron chi connectivity index (χ1n) is 11.4. The minimum Gasteiger partial charge on any atom is -0.460 e. The third kappa shape index (κ3) is 2.71. The summed E-state index contributed by atoms with van der Waals surface area (Å²) in [6.45, 7) is 8.30. The monoisotopic (exact) mass is 420 g/mol. The fourth-order valence-corrected chi connectivity index (χ4v) is 6.77. The second kappa shape index (κ2) is 6.66. The van der Waals surface area contributed by atoms with Gasteiger partial charge in [0, 0.05) is 5.41 Å².